The van der Waals surface area contributed by atoms with E-state index < -0.39 is 10.0 Å². The van der Waals surface area contributed by atoms with E-state index in [0.29, 0.717) is 13.2 Å². The summed E-state index contributed by atoms with van der Waals surface area (Å²) < 4.78 is 30.7. The normalized spacial score (nSPS) is 12.7. The van der Waals surface area contributed by atoms with Gasteiger partial charge in [-0.3, -0.25) is 0 Å². The maximum atomic E-state index is 11.9. The molecule has 0 atom stereocenters. The highest BCUT2D eigenvalue weighted by Crippen LogP contribution is 2.18. The molecule has 0 saturated heterocycles. The maximum absolute atomic E-state index is 11.9. The number of hydrogen-bond donors (Lipinski definition) is 1. The predicted octanol–water partition coefficient (Wildman–Crippen LogP) is 2.16. The number of ether oxygens (including phenoxy) is 1. The van der Waals surface area contributed by atoms with E-state index in [9.17, 15) is 8.42 Å². The van der Waals surface area contributed by atoms with Gasteiger partial charge >= 0.3 is 0 Å². The van der Waals surface area contributed by atoms with Crippen molar-refractivity contribution < 1.29 is 13.2 Å². The predicted molar refractivity (Wildman–Crippen MR) is 81.5 cm³/mol. The van der Waals surface area contributed by atoms with Crippen LogP contribution in [0, 0.1) is 0 Å². The Morgan fingerprint density at radius 1 is 1.20 bits per heavy atom. The first-order valence-corrected chi connectivity index (χ1v) is 8.03. The number of nitrogens with one attached hydrogen (secondary N) is 1. The Hall–Kier alpha value is -1.11. The van der Waals surface area contributed by atoms with Crippen molar-refractivity contribution in [2.45, 2.75) is 31.3 Å². The molecule has 1 N–H and O–H groups in total. The first-order valence-electron chi connectivity index (χ1n) is 6.59. The molecule has 114 valence electrons. The lowest BCUT2D eigenvalue weighted by Gasteiger charge is -2.25. The molecule has 0 unspecified atom stereocenters. The van der Waals surface area contributed by atoms with Gasteiger partial charge in [-0.15, -0.1) is 0 Å². The molecular weight excluding hydrogens is 276 g/mol. The molecule has 1 rings (SSSR count). The summed E-state index contributed by atoms with van der Waals surface area (Å²) in [5, 5.41) is 3.24. The second kappa shape index (κ2) is 6.56. The van der Waals surface area contributed by atoms with Crippen molar-refractivity contribution in [2.24, 2.45) is 0 Å². The summed E-state index contributed by atoms with van der Waals surface area (Å²) >= 11 is 0. The summed E-state index contributed by atoms with van der Waals surface area (Å²) in [5.41, 5.74) is 0.610. The number of anilines is 1. The minimum Gasteiger partial charge on any atom is -0.382 e. The van der Waals surface area contributed by atoms with Gasteiger partial charge in [0.05, 0.1) is 10.5 Å². The number of sulfonamides is 1. The van der Waals surface area contributed by atoms with E-state index in [1.54, 1.807) is 24.3 Å². The number of rotatable bonds is 7. The zero-order valence-electron chi connectivity index (χ0n) is 12.8. The molecule has 0 aliphatic carbocycles. The summed E-state index contributed by atoms with van der Waals surface area (Å²) in [6, 6.07) is 6.73. The summed E-state index contributed by atoms with van der Waals surface area (Å²) in [7, 11) is -0.325. The van der Waals surface area contributed by atoms with Crippen LogP contribution in [0.3, 0.4) is 0 Å². The Labute approximate surface area is 122 Å². The Balaban J connectivity index is 2.74. The van der Waals surface area contributed by atoms with Crippen molar-refractivity contribution in [3.63, 3.8) is 0 Å². The molecule has 5 nitrogen and oxygen atoms in total. The summed E-state index contributed by atoms with van der Waals surface area (Å²) in [4.78, 5) is 0.289. The molecule has 0 amide bonds. The Kier molecular flexibility index (Phi) is 5.56. The highest BCUT2D eigenvalue weighted by Gasteiger charge is 2.18. The highest BCUT2D eigenvalue weighted by molar-refractivity contribution is 7.89. The molecule has 0 spiro atoms. The van der Waals surface area contributed by atoms with E-state index >= 15 is 0 Å². The fraction of sp³-hybridized carbons (Fsp3) is 0.571. The quantitative estimate of drug-likeness (QED) is 0.838. The minimum atomic E-state index is -3.36. The van der Waals surface area contributed by atoms with Gasteiger partial charge in [0.2, 0.25) is 10.0 Å². The average molecular weight is 300 g/mol. The van der Waals surface area contributed by atoms with Gasteiger partial charge in [-0.1, -0.05) is 0 Å². The minimum absolute atomic E-state index is 0.261. The van der Waals surface area contributed by atoms with E-state index in [1.165, 1.54) is 18.4 Å². The Morgan fingerprint density at radius 2 is 1.75 bits per heavy atom. The van der Waals surface area contributed by atoms with Crippen LogP contribution >= 0.6 is 0 Å². The van der Waals surface area contributed by atoms with E-state index in [-0.39, 0.29) is 10.5 Å². The van der Waals surface area contributed by atoms with Crippen LogP contribution in [0.2, 0.25) is 0 Å². The molecule has 0 aliphatic rings. The largest absolute Gasteiger partial charge is 0.382 e. The molecule has 0 aromatic heterocycles. The number of nitrogens with zero attached hydrogens (tertiary/aromatic N) is 1. The first kappa shape index (κ1) is 16.9. The monoisotopic (exact) mass is 300 g/mol. The lowest BCUT2D eigenvalue weighted by Crippen LogP contribution is -2.33. The third-order valence-corrected chi connectivity index (χ3v) is 4.72. The zero-order valence-corrected chi connectivity index (χ0v) is 13.6. The average Bonchev–Trinajstić information content (AvgIpc) is 2.37. The molecule has 20 heavy (non-hydrogen) atoms. The van der Waals surface area contributed by atoms with Crippen LogP contribution in [0.4, 0.5) is 5.69 Å². The Morgan fingerprint density at radius 3 is 2.20 bits per heavy atom. The number of hydrogen-bond acceptors (Lipinski definition) is 4. The summed E-state index contributed by atoms with van der Waals surface area (Å²) in [6.07, 6.45) is 0. The standard InChI is InChI=1S/C14H24N2O3S/c1-6-19-14(2,3)11-15-12-7-9-13(10-8-12)20(17,18)16(4)5/h7-10,15H,6,11H2,1-5H3. The van der Waals surface area contributed by atoms with Crippen molar-refractivity contribution >= 4 is 15.7 Å². The molecular formula is C14H24N2O3S. The van der Waals surface area contributed by atoms with Crippen LogP contribution in [0.5, 0.6) is 0 Å². The van der Waals surface area contributed by atoms with Gasteiger partial charge in [-0.05, 0) is 45.0 Å². The molecule has 0 fully saturated rings. The van der Waals surface area contributed by atoms with E-state index in [0.717, 1.165) is 5.69 Å². The van der Waals surface area contributed by atoms with Crippen LogP contribution in [-0.4, -0.2) is 45.6 Å². The van der Waals surface area contributed by atoms with E-state index in [4.69, 9.17) is 4.74 Å². The molecule has 0 bridgehead atoms. The molecule has 0 aliphatic heterocycles. The SMILES string of the molecule is CCOC(C)(C)CNc1ccc(S(=O)(=O)N(C)C)cc1. The topological polar surface area (TPSA) is 58.6 Å². The van der Waals surface area contributed by atoms with Crippen LogP contribution in [0.25, 0.3) is 0 Å². The molecule has 1 aromatic rings. The van der Waals surface area contributed by atoms with E-state index in [2.05, 4.69) is 5.32 Å². The van der Waals surface area contributed by atoms with Crippen LogP contribution in [-0.2, 0) is 14.8 Å². The van der Waals surface area contributed by atoms with Gasteiger partial charge in [-0.25, -0.2) is 12.7 Å². The van der Waals surface area contributed by atoms with Crippen molar-refractivity contribution in [3.05, 3.63) is 24.3 Å². The van der Waals surface area contributed by atoms with Crippen molar-refractivity contribution in [1.29, 1.82) is 0 Å². The van der Waals surface area contributed by atoms with Crippen LogP contribution in [0.15, 0.2) is 29.2 Å². The van der Waals surface area contributed by atoms with Gasteiger partial charge in [0.1, 0.15) is 0 Å². The third-order valence-electron chi connectivity index (χ3n) is 2.89. The molecule has 6 heteroatoms. The lowest BCUT2D eigenvalue weighted by atomic mass is 10.1. The van der Waals surface area contributed by atoms with Crippen LogP contribution in [0.1, 0.15) is 20.8 Å². The molecule has 0 heterocycles. The summed E-state index contributed by atoms with van der Waals surface area (Å²) in [5.74, 6) is 0. The van der Waals surface area contributed by atoms with Crippen molar-refractivity contribution in [2.75, 3.05) is 32.6 Å². The highest BCUT2D eigenvalue weighted by atomic mass is 32.2. The van der Waals surface area contributed by atoms with E-state index in [1.807, 2.05) is 20.8 Å². The molecule has 0 saturated carbocycles. The Bertz CT molecular complexity index is 522. The van der Waals surface area contributed by atoms with Gasteiger partial charge in [0.25, 0.3) is 0 Å². The maximum Gasteiger partial charge on any atom is 0.242 e. The smallest absolute Gasteiger partial charge is 0.242 e. The van der Waals surface area contributed by atoms with Gasteiger partial charge in [0, 0.05) is 32.9 Å². The van der Waals surface area contributed by atoms with Crippen molar-refractivity contribution in [3.8, 4) is 0 Å². The second-order valence-electron chi connectivity index (χ2n) is 5.36. The fourth-order valence-electron chi connectivity index (χ4n) is 1.71. The summed E-state index contributed by atoms with van der Waals surface area (Å²) in [6.45, 7) is 7.29. The number of benzene rings is 1. The third kappa shape index (κ3) is 4.47. The van der Waals surface area contributed by atoms with Gasteiger partial charge < -0.3 is 10.1 Å². The van der Waals surface area contributed by atoms with Crippen molar-refractivity contribution in [1.82, 2.24) is 4.31 Å². The van der Waals surface area contributed by atoms with Gasteiger partial charge in [-0.2, -0.15) is 0 Å². The first-order chi connectivity index (χ1) is 9.19. The lowest BCUT2D eigenvalue weighted by molar-refractivity contribution is 0.000697. The second-order valence-corrected chi connectivity index (χ2v) is 7.51. The van der Waals surface area contributed by atoms with Crippen LogP contribution < -0.4 is 5.32 Å². The molecule has 1 aromatic carbocycles. The zero-order chi connectivity index (χ0) is 15.4. The van der Waals surface area contributed by atoms with Gasteiger partial charge in [0.15, 0.2) is 0 Å². The fourth-order valence-corrected chi connectivity index (χ4v) is 2.61. The molecule has 0 radical (unpaired) electrons.